The van der Waals surface area contributed by atoms with E-state index in [1.54, 1.807) is 0 Å². The molecule has 0 aliphatic rings. The van der Waals surface area contributed by atoms with Gasteiger partial charge in [0.05, 0.1) is 15.7 Å². The highest BCUT2D eigenvalue weighted by atomic mass is 32.1. The molecule has 4 heteroatoms. The number of aromatic nitrogens is 1. The van der Waals surface area contributed by atoms with Gasteiger partial charge in [0.2, 0.25) is 0 Å². The Labute approximate surface area is 321 Å². The van der Waals surface area contributed by atoms with Crippen LogP contribution in [0.5, 0.6) is 0 Å². The van der Waals surface area contributed by atoms with Crippen LogP contribution in [0.1, 0.15) is 0 Å². The number of hydrogen-bond acceptors (Lipinski definition) is 3. The molecule has 0 unspecified atom stereocenters. The largest absolute Gasteiger partial charge is 0.311 e. The lowest BCUT2D eigenvalue weighted by atomic mass is 9.97. The first-order chi connectivity index (χ1) is 26.8. The monoisotopic (exact) mass is 724 g/mol. The van der Waals surface area contributed by atoms with E-state index in [4.69, 9.17) is 0 Å². The molecule has 2 nitrogen and oxygen atoms in total. The topological polar surface area (TPSA) is 7.65 Å². The van der Waals surface area contributed by atoms with Crippen LogP contribution in [0, 0.1) is 0 Å². The molecule has 254 valence electrons. The summed E-state index contributed by atoms with van der Waals surface area (Å²) in [7, 11) is 0. The van der Waals surface area contributed by atoms with Gasteiger partial charge in [-0.05, 0) is 82.9 Å². The summed E-state index contributed by atoms with van der Waals surface area (Å²) in [6.07, 6.45) is 0. The number of benzene rings is 8. The summed E-state index contributed by atoms with van der Waals surface area (Å²) in [5, 5.41) is 3.91. The third-order valence-electron chi connectivity index (χ3n) is 10.6. The molecule has 0 bridgehead atoms. The minimum atomic E-state index is 1.12. The van der Waals surface area contributed by atoms with E-state index >= 15 is 0 Å². The molecule has 0 saturated heterocycles. The molecule has 0 saturated carbocycles. The van der Waals surface area contributed by atoms with Gasteiger partial charge in [-0.2, -0.15) is 0 Å². The third-order valence-corrected chi connectivity index (χ3v) is 13.0. The number of rotatable bonds is 6. The molecule has 8 aromatic carbocycles. The van der Waals surface area contributed by atoms with Crippen molar-refractivity contribution >= 4 is 85.9 Å². The van der Waals surface area contributed by atoms with Crippen LogP contribution in [-0.4, -0.2) is 4.40 Å². The molecule has 0 atom stereocenters. The Hall–Kier alpha value is -6.46. The van der Waals surface area contributed by atoms with Gasteiger partial charge in [-0.25, -0.2) is 0 Å². The summed E-state index contributed by atoms with van der Waals surface area (Å²) in [5.41, 5.74) is 13.3. The third kappa shape index (κ3) is 4.92. The molecule has 0 N–H and O–H groups in total. The van der Waals surface area contributed by atoms with Gasteiger partial charge in [-0.15, -0.1) is 22.7 Å². The molecule has 0 aliphatic carbocycles. The molecule has 0 radical (unpaired) electrons. The quantitative estimate of drug-likeness (QED) is 0.166. The maximum Gasteiger partial charge on any atom is 0.109 e. The van der Waals surface area contributed by atoms with Gasteiger partial charge in [-0.3, -0.25) is 4.40 Å². The first kappa shape index (κ1) is 31.1. The molecule has 3 heterocycles. The Bertz CT molecular complexity index is 3100. The van der Waals surface area contributed by atoms with Crippen LogP contribution in [0.2, 0.25) is 0 Å². The second-order valence-corrected chi connectivity index (χ2v) is 15.8. The standard InChI is InChI=1S/C50H32N2S2/c1-4-15-34(16-5-1)47-42-22-10-12-25-44(42)52-45-32-35(39-23-14-24-41-40-21-11-13-26-46(40)53-48(39)41)31-43(49(45)54-50(47)52)33-27-29-38(30-28-33)51(36-17-6-2-7-18-36)37-19-8-3-9-20-37/h1-32H. The normalized spacial score (nSPS) is 11.7. The summed E-state index contributed by atoms with van der Waals surface area (Å²) in [6.45, 7) is 0. The van der Waals surface area contributed by atoms with E-state index in [0.717, 1.165) is 17.1 Å². The average Bonchev–Trinajstić information content (AvgIpc) is 3.91. The fourth-order valence-corrected chi connectivity index (χ4v) is 10.7. The molecule has 11 rings (SSSR count). The van der Waals surface area contributed by atoms with Crippen LogP contribution in [-0.2, 0) is 0 Å². The number of thiazole rings is 1. The lowest BCUT2D eigenvalue weighted by Crippen LogP contribution is -2.09. The Morgan fingerprint density at radius 3 is 1.72 bits per heavy atom. The second kappa shape index (κ2) is 12.6. The lowest BCUT2D eigenvalue weighted by Gasteiger charge is -2.25. The van der Waals surface area contributed by atoms with Crippen LogP contribution in [0.3, 0.4) is 0 Å². The van der Waals surface area contributed by atoms with E-state index in [2.05, 4.69) is 203 Å². The van der Waals surface area contributed by atoms with Crippen molar-refractivity contribution in [1.82, 2.24) is 4.40 Å². The van der Waals surface area contributed by atoms with E-state index in [-0.39, 0.29) is 0 Å². The molecule has 0 aliphatic heterocycles. The van der Waals surface area contributed by atoms with Crippen molar-refractivity contribution in [2.75, 3.05) is 4.90 Å². The fourth-order valence-electron chi connectivity index (χ4n) is 8.16. The SMILES string of the molecule is c1ccc(-c2c3ccccc3n3c2sc2c(-c4ccc(N(c5ccccc5)c5ccccc5)cc4)cc(-c4cccc5c4sc4ccccc45)cc23)cc1. The van der Waals surface area contributed by atoms with Crippen molar-refractivity contribution in [3.8, 4) is 33.4 Å². The molecule has 0 spiro atoms. The van der Waals surface area contributed by atoms with Gasteiger partial charge in [0, 0.05) is 53.7 Å². The Morgan fingerprint density at radius 1 is 0.370 bits per heavy atom. The zero-order valence-electron chi connectivity index (χ0n) is 29.2. The van der Waals surface area contributed by atoms with Crippen LogP contribution in [0.4, 0.5) is 17.1 Å². The number of para-hydroxylation sites is 3. The highest BCUT2D eigenvalue weighted by Crippen LogP contribution is 2.48. The van der Waals surface area contributed by atoms with Crippen LogP contribution < -0.4 is 4.90 Å². The maximum atomic E-state index is 2.51. The number of thiophene rings is 1. The number of anilines is 3. The Kier molecular flexibility index (Phi) is 7.25. The first-order valence-corrected chi connectivity index (χ1v) is 19.9. The average molecular weight is 725 g/mol. The van der Waals surface area contributed by atoms with E-state index < -0.39 is 0 Å². The lowest BCUT2D eigenvalue weighted by molar-refractivity contribution is 1.28. The fraction of sp³-hybridized carbons (Fsp3) is 0. The van der Waals surface area contributed by atoms with Gasteiger partial charge < -0.3 is 4.90 Å². The number of hydrogen-bond donors (Lipinski definition) is 0. The predicted octanol–water partition coefficient (Wildman–Crippen LogP) is 15.1. The summed E-state index contributed by atoms with van der Waals surface area (Å²) in [5.74, 6) is 0. The van der Waals surface area contributed by atoms with Crippen LogP contribution in [0.15, 0.2) is 194 Å². The van der Waals surface area contributed by atoms with Crippen LogP contribution >= 0.6 is 22.7 Å². The molecule has 0 fully saturated rings. The maximum absolute atomic E-state index is 2.51. The van der Waals surface area contributed by atoms with Crippen molar-refractivity contribution in [3.05, 3.63) is 194 Å². The van der Waals surface area contributed by atoms with Gasteiger partial charge in [0.25, 0.3) is 0 Å². The first-order valence-electron chi connectivity index (χ1n) is 18.3. The molecular formula is C50H32N2S2. The Balaban J connectivity index is 1.18. The van der Waals surface area contributed by atoms with Crippen molar-refractivity contribution in [2.45, 2.75) is 0 Å². The molecule has 11 aromatic rings. The minimum Gasteiger partial charge on any atom is -0.311 e. The second-order valence-electron chi connectivity index (χ2n) is 13.7. The van der Waals surface area contributed by atoms with Crippen molar-refractivity contribution in [3.63, 3.8) is 0 Å². The van der Waals surface area contributed by atoms with Gasteiger partial charge in [0.1, 0.15) is 4.83 Å². The smallest absolute Gasteiger partial charge is 0.109 e. The summed E-state index contributed by atoms with van der Waals surface area (Å²) < 4.78 is 6.45. The van der Waals surface area contributed by atoms with E-state index in [9.17, 15) is 0 Å². The Morgan fingerprint density at radius 2 is 0.981 bits per heavy atom. The number of fused-ring (bicyclic) bond motifs is 8. The summed E-state index contributed by atoms with van der Waals surface area (Å²) >= 11 is 3.79. The summed E-state index contributed by atoms with van der Waals surface area (Å²) in [6, 6.07) is 70.6. The van der Waals surface area contributed by atoms with E-state index in [1.165, 1.54) is 79.5 Å². The van der Waals surface area contributed by atoms with E-state index in [0.29, 0.717) is 0 Å². The van der Waals surface area contributed by atoms with Gasteiger partial charge in [0.15, 0.2) is 0 Å². The van der Waals surface area contributed by atoms with Crippen LogP contribution in [0.25, 0.3) is 79.5 Å². The van der Waals surface area contributed by atoms with E-state index in [1.807, 2.05) is 22.7 Å². The molecule has 0 amide bonds. The minimum absolute atomic E-state index is 1.12. The van der Waals surface area contributed by atoms with Gasteiger partial charge in [-0.1, -0.05) is 133 Å². The molecule has 54 heavy (non-hydrogen) atoms. The molecular weight excluding hydrogens is 693 g/mol. The summed E-state index contributed by atoms with van der Waals surface area (Å²) in [4.78, 5) is 3.60. The zero-order valence-corrected chi connectivity index (χ0v) is 30.8. The van der Waals surface area contributed by atoms with Gasteiger partial charge >= 0.3 is 0 Å². The predicted molar refractivity (Wildman–Crippen MR) is 234 cm³/mol. The van der Waals surface area contributed by atoms with Crippen molar-refractivity contribution in [1.29, 1.82) is 0 Å². The van der Waals surface area contributed by atoms with Crippen molar-refractivity contribution < 1.29 is 0 Å². The molecule has 3 aromatic heterocycles. The van der Waals surface area contributed by atoms with Crippen molar-refractivity contribution in [2.24, 2.45) is 0 Å². The highest BCUT2D eigenvalue weighted by Gasteiger charge is 2.22. The zero-order chi connectivity index (χ0) is 35.6. The number of nitrogens with zero attached hydrogens (tertiary/aromatic N) is 2. The highest BCUT2D eigenvalue weighted by molar-refractivity contribution is 7.26.